The van der Waals surface area contributed by atoms with Gasteiger partial charge in [-0.3, -0.25) is 0 Å². The Morgan fingerprint density at radius 3 is 2.33 bits per heavy atom. The Labute approximate surface area is 234 Å². The zero-order chi connectivity index (χ0) is 29.1. The molecule has 0 aliphatic carbocycles. The molecule has 0 amide bonds. The first-order valence-corrected chi connectivity index (χ1v) is 14.3. The number of nitrogens with zero attached hydrogens (tertiary/aromatic N) is 1. The van der Waals surface area contributed by atoms with Crippen molar-refractivity contribution in [1.29, 1.82) is 0 Å². The monoisotopic (exact) mass is 562 g/mol. The van der Waals surface area contributed by atoms with Gasteiger partial charge in [0.15, 0.2) is 0 Å². The molecule has 4 aromatic rings. The van der Waals surface area contributed by atoms with Crippen molar-refractivity contribution in [3.63, 3.8) is 0 Å². The number of fused-ring (bicyclic) bond motifs is 1. The van der Waals surface area contributed by atoms with Crippen molar-refractivity contribution in [3.05, 3.63) is 96.1 Å². The fraction of sp³-hybridized carbons (Fsp3) is 0.258. The van der Waals surface area contributed by atoms with Gasteiger partial charge in [-0.05, 0) is 72.0 Å². The molecule has 0 saturated carbocycles. The molecule has 0 fully saturated rings. The topological polar surface area (TPSA) is 127 Å². The molecule has 1 atom stereocenters. The number of hydrogen-bond acceptors (Lipinski definition) is 6. The van der Waals surface area contributed by atoms with Gasteiger partial charge in [-0.15, -0.1) is 0 Å². The van der Waals surface area contributed by atoms with E-state index >= 15 is 0 Å². The van der Waals surface area contributed by atoms with Gasteiger partial charge in [0, 0.05) is 25.7 Å². The lowest BCUT2D eigenvalue weighted by Crippen LogP contribution is -2.47. The van der Waals surface area contributed by atoms with Gasteiger partial charge >= 0.3 is 5.97 Å². The summed E-state index contributed by atoms with van der Waals surface area (Å²) in [5.41, 5.74) is 1.56. The minimum absolute atomic E-state index is 0.0195. The first-order chi connectivity index (χ1) is 18.9. The van der Waals surface area contributed by atoms with E-state index in [0.717, 1.165) is 16.3 Å². The zero-order valence-corrected chi connectivity index (χ0v) is 23.5. The van der Waals surface area contributed by atoms with E-state index in [1.165, 1.54) is 48.2 Å². The van der Waals surface area contributed by atoms with Crippen LogP contribution in [0, 0.1) is 0 Å². The van der Waals surface area contributed by atoms with Gasteiger partial charge in [0.2, 0.25) is 10.0 Å². The van der Waals surface area contributed by atoms with Gasteiger partial charge in [0.05, 0.1) is 11.0 Å². The first kappa shape index (κ1) is 29.2. The summed E-state index contributed by atoms with van der Waals surface area (Å²) in [5, 5.41) is 35.6. The highest BCUT2D eigenvalue weighted by Crippen LogP contribution is 2.29. The number of carboxylic acids is 1. The van der Waals surface area contributed by atoms with E-state index < -0.39 is 27.8 Å². The van der Waals surface area contributed by atoms with Crippen molar-refractivity contribution in [3.8, 4) is 16.9 Å². The summed E-state index contributed by atoms with van der Waals surface area (Å²) in [6.07, 6.45) is -0.214. The average Bonchev–Trinajstić information content (AvgIpc) is 2.91. The molecule has 1 unspecified atom stereocenters. The summed E-state index contributed by atoms with van der Waals surface area (Å²) >= 11 is 0. The predicted octanol–water partition coefficient (Wildman–Crippen LogP) is 4.50. The summed E-state index contributed by atoms with van der Waals surface area (Å²) < 4.78 is 27.7. The molecule has 0 aromatic heterocycles. The van der Waals surface area contributed by atoms with Crippen molar-refractivity contribution >= 4 is 26.8 Å². The number of β-amino-alcohol motifs (C(OH)–C–C–N with tert-alkyl or cyclic N) is 1. The third-order valence-corrected chi connectivity index (χ3v) is 8.67. The standard InChI is InChI=1S/C31H34N2O6S/c1-31(2,18-21-11-12-22-7-4-5-8-23(22)15-21)32-19-26(34)20-33(3)40(38,39)27-10-6-9-24(16-27)25-13-14-28(30(36)37)29(35)17-25/h4-17,26,32,34-35H,18-20H2,1-3H3,(H,36,37). The Hall–Kier alpha value is -3.76. The van der Waals surface area contributed by atoms with Crippen LogP contribution in [0.4, 0.5) is 0 Å². The summed E-state index contributed by atoms with van der Waals surface area (Å²) in [4.78, 5) is 11.2. The third-order valence-electron chi connectivity index (χ3n) is 6.85. The second-order valence-electron chi connectivity index (χ2n) is 10.6. The molecular formula is C31H34N2O6S. The van der Waals surface area contributed by atoms with Crippen LogP contribution in [0.2, 0.25) is 0 Å². The fourth-order valence-electron chi connectivity index (χ4n) is 4.68. The van der Waals surface area contributed by atoms with Crippen LogP contribution in [0.3, 0.4) is 0 Å². The first-order valence-electron chi connectivity index (χ1n) is 12.9. The van der Waals surface area contributed by atoms with Gasteiger partial charge in [0.1, 0.15) is 11.3 Å². The number of sulfonamides is 1. The quantitative estimate of drug-likeness (QED) is 0.212. The van der Waals surface area contributed by atoms with Crippen LogP contribution in [0.1, 0.15) is 29.8 Å². The number of carbonyl (C=O) groups is 1. The van der Waals surface area contributed by atoms with Crippen LogP contribution in [0.15, 0.2) is 89.8 Å². The Morgan fingerprint density at radius 2 is 1.62 bits per heavy atom. The van der Waals surface area contributed by atoms with Gasteiger partial charge in [-0.1, -0.05) is 60.7 Å². The molecule has 4 N–H and O–H groups in total. The molecule has 0 spiro atoms. The molecule has 0 bridgehead atoms. The van der Waals surface area contributed by atoms with E-state index in [9.17, 15) is 23.4 Å². The summed E-state index contributed by atoms with van der Waals surface area (Å²) in [6, 6.07) is 24.7. The minimum Gasteiger partial charge on any atom is -0.507 e. The van der Waals surface area contributed by atoms with Crippen molar-refractivity contribution in [1.82, 2.24) is 9.62 Å². The zero-order valence-electron chi connectivity index (χ0n) is 22.7. The number of benzene rings is 4. The summed E-state index contributed by atoms with van der Waals surface area (Å²) in [7, 11) is -2.51. The normalized spacial score (nSPS) is 13.0. The SMILES string of the molecule is CN(CC(O)CNC(C)(C)Cc1ccc2ccccc2c1)S(=O)(=O)c1cccc(-c2ccc(C(=O)O)c(O)c2)c1. The largest absolute Gasteiger partial charge is 0.507 e. The molecule has 210 valence electrons. The van der Waals surface area contributed by atoms with Gasteiger partial charge in [-0.25, -0.2) is 13.2 Å². The molecule has 40 heavy (non-hydrogen) atoms. The number of nitrogens with one attached hydrogen (secondary N) is 1. The average molecular weight is 563 g/mol. The second-order valence-corrected chi connectivity index (χ2v) is 12.7. The maximum absolute atomic E-state index is 13.3. The number of hydrogen-bond donors (Lipinski definition) is 4. The Balaban J connectivity index is 1.39. The smallest absolute Gasteiger partial charge is 0.339 e. The molecule has 9 heteroatoms. The van der Waals surface area contributed by atoms with Crippen LogP contribution in [-0.4, -0.2) is 65.8 Å². The molecule has 0 saturated heterocycles. The number of carboxylic acid groups (broad SMARTS) is 1. The number of aromatic carboxylic acids is 1. The van der Waals surface area contributed by atoms with Crippen molar-refractivity contribution in [2.75, 3.05) is 20.1 Å². The maximum atomic E-state index is 13.3. The van der Waals surface area contributed by atoms with Crippen LogP contribution in [0.5, 0.6) is 5.75 Å². The molecule has 4 rings (SSSR count). The van der Waals surface area contributed by atoms with Crippen LogP contribution in [0.25, 0.3) is 21.9 Å². The number of rotatable bonds is 11. The molecule has 0 radical (unpaired) electrons. The lowest BCUT2D eigenvalue weighted by Gasteiger charge is -2.29. The number of phenols is 1. The van der Waals surface area contributed by atoms with Crippen molar-refractivity contribution in [2.24, 2.45) is 0 Å². The Bertz CT molecular complexity index is 1630. The second kappa shape index (κ2) is 11.8. The van der Waals surface area contributed by atoms with Crippen LogP contribution >= 0.6 is 0 Å². The molecular weight excluding hydrogens is 528 g/mol. The highest BCUT2D eigenvalue weighted by Gasteiger charge is 2.25. The summed E-state index contributed by atoms with van der Waals surface area (Å²) in [5.74, 6) is -1.67. The van der Waals surface area contributed by atoms with E-state index in [4.69, 9.17) is 5.11 Å². The van der Waals surface area contributed by atoms with Gasteiger partial charge < -0.3 is 20.6 Å². The highest BCUT2D eigenvalue weighted by molar-refractivity contribution is 7.89. The maximum Gasteiger partial charge on any atom is 0.339 e. The lowest BCUT2D eigenvalue weighted by molar-refractivity contribution is 0.0693. The van der Waals surface area contributed by atoms with E-state index in [-0.39, 0.29) is 29.1 Å². The van der Waals surface area contributed by atoms with Crippen molar-refractivity contribution < 1.29 is 28.5 Å². The number of aromatic hydroxyl groups is 1. The Morgan fingerprint density at radius 1 is 0.925 bits per heavy atom. The highest BCUT2D eigenvalue weighted by atomic mass is 32.2. The molecule has 0 heterocycles. The molecule has 4 aromatic carbocycles. The molecule has 0 aliphatic heterocycles. The number of aliphatic hydroxyl groups is 1. The number of aliphatic hydroxyl groups excluding tert-OH is 1. The van der Waals surface area contributed by atoms with E-state index in [1.54, 1.807) is 12.1 Å². The van der Waals surface area contributed by atoms with E-state index in [2.05, 4.69) is 35.6 Å². The fourth-order valence-corrected chi connectivity index (χ4v) is 5.94. The lowest BCUT2D eigenvalue weighted by atomic mass is 9.93. The minimum atomic E-state index is -3.93. The number of likely N-dealkylation sites (N-methyl/N-ethyl adjacent to an activating group) is 1. The van der Waals surface area contributed by atoms with Crippen LogP contribution < -0.4 is 5.32 Å². The predicted molar refractivity (Wildman–Crippen MR) is 156 cm³/mol. The van der Waals surface area contributed by atoms with E-state index in [1.807, 2.05) is 26.0 Å². The third kappa shape index (κ3) is 6.86. The molecule has 8 nitrogen and oxygen atoms in total. The Kier molecular flexibility index (Phi) is 8.60. The van der Waals surface area contributed by atoms with Crippen molar-refractivity contribution in [2.45, 2.75) is 36.8 Å². The van der Waals surface area contributed by atoms with E-state index in [0.29, 0.717) is 11.1 Å². The van der Waals surface area contributed by atoms with Gasteiger partial charge in [-0.2, -0.15) is 4.31 Å². The van der Waals surface area contributed by atoms with Gasteiger partial charge in [0.25, 0.3) is 0 Å². The molecule has 0 aliphatic rings. The summed E-state index contributed by atoms with van der Waals surface area (Å²) in [6.45, 7) is 4.18. The van der Waals surface area contributed by atoms with Crippen LogP contribution in [-0.2, 0) is 16.4 Å².